The third-order valence-electron chi connectivity index (χ3n) is 9.01. The van der Waals surface area contributed by atoms with Crippen molar-refractivity contribution in [1.82, 2.24) is 4.90 Å². The van der Waals surface area contributed by atoms with E-state index in [1.165, 1.54) is 13.2 Å². The molecule has 10 radical (unpaired) electrons. The Hall–Kier alpha value is 2.36. The van der Waals surface area contributed by atoms with Gasteiger partial charge in [0.1, 0.15) is 24.0 Å². The first-order valence-electron chi connectivity index (χ1n) is 13.8. The molecule has 11 nitrogen and oxygen atoms in total. The number of ether oxygens (including phenoxy) is 5. The number of carbonyl (C=O) groups excluding carboxylic acids is 3. The van der Waals surface area contributed by atoms with Crippen LogP contribution in [-0.2, 0) is 216 Å². The summed E-state index contributed by atoms with van der Waals surface area (Å²) < 4.78 is 29.2. The molecule has 0 bridgehead atoms. The first kappa shape index (κ1) is 63.5. The van der Waals surface area contributed by atoms with Crippen LogP contribution in [0, 0.1) is 19.1 Å². The average molecular weight is 1090 g/mol. The number of phenolic OH excluding ortho intramolecular Hbond substituents is 2. The number of methoxy groups -OCH3 is 1. The van der Waals surface area contributed by atoms with Crippen LogP contribution in [-0.4, -0.2) is 78.0 Å². The maximum absolute atomic E-state index is 13.8. The van der Waals surface area contributed by atoms with Gasteiger partial charge < -0.3 is 50.5 Å². The van der Waals surface area contributed by atoms with Crippen molar-refractivity contribution in [3.63, 3.8) is 0 Å². The maximum Gasteiger partial charge on any atom is 0.202 e. The molecule has 274 valence electrons. The van der Waals surface area contributed by atoms with Gasteiger partial charge in [0, 0.05) is 226 Å². The van der Waals surface area contributed by atoms with E-state index < -0.39 is 46.7 Å². The van der Waals surface area contributed by atoms with E-state index in [9.17, 15) is 24.6 Å². The molecule has 2 aliphatic heterocycles. The third-order valence-corrected chi connectivity index (χ3v) is 9.01. The Bertz CT molecular complexity index is 1520. The predicted molar refractivity (Wildman–Crippen MR) is 146 cm³/mol. The van der Waals surface area contributed by atoms with Crippen LogP contribution in [0.15, 0.2) is 18.2 Å². The van der Waals surface area contributed by atoms with Gasteiger partial charge in [-0.3, -0.25) is 9.59 Å². The van der Waals surface area contributed by atoms with Gasteiger partial charge in [0.2, 0.25) is 5.78 Å². The molecule has 4 aliphatic rings. The minimum Gasteiger partial charge on any atom is -0.517 e. The molecule has 0 spiro atoms. The fraction of sp³-hybridized carbons (Fsp3) is 0.452. The summed E-state index contributed by atoms with van der Waals surface area (Å²) in [6.07, 6.45) is -2.00. The Kier molecular flexibility index (Phi) is 31.5. The molecule has 2 N–H and O–H groups in total. The molecule has 52 heavy (non-hydrogen) atoms. The van der Waals surface area contributed by atoms with Crippen LogP contribution in [0.2, 0.25) is 0 Å². The predicted octanol–water partition coefficient (Wildman–Crippen LogP) is 3.20. The van der Waals surface area contributed by atoms with Crippen molar-refractivity contribution in [2.45, 2.75) is 63.8 Å². The number of likely N-dealkylation sites (N-methyl/N-ethyl adjacent to an activating group) is 1. The summed E-state index contributed by atoms with van der Waals surface area (Å²) in [5, 5.41) is 23.3. The number of carbonyl (C=O) groups is 3. The Morgan fingerprint density at radius 2 is 1.56 bits per heavy atom. The van der Waals surface area contributed by atoms with Gasteiger partial charge in [0.25, 0.3) is 0 Å². The Morgan fingerprint density at radius 3 is 2.13 bits per heavy atom. The first-order chi connectivity index (χ1) is 20.0. The molecule has 6 atom stereocenters. The largest absolute Gasteiger partial charge is 0.517 e. The van der Waals surface area contributed by atoms with Crippen molar-refractivity contribution >= 4 is 17.3 Å². The van der Waals surface area contributed by atoms with Crippen molar-refractivity contribution in [3.8, 4) is 17.2 Å². The number of fused-ring (bicyclic) bond motifs is 4. The Labute approximate surface area is 423 Å². The van der Waals surface area contributed by atoms with Crippen LogP contribution >= 0.6 is 0 Å². The van der Waals surface area contributed by atoms with Crippen molar-refractivity contribution in [2.24, 2.45) is 5.41 Å². The summed E-state index contributed by atoms with van der Waals surface area (Å²) in [6.45, 7) is 8.87. The fourth-order valence-corrected chi connectivity index (χ4v) is 6.72. The topological polar surface area (TPSA) is 141 Å². The Morgan fingerprint density at radius 1 is 0.962 bits per heavy atom. The molecule has 2 aromatic carbocycles. The second-order valence-electron chi connectivity index (χ2n) is 11.6. The van der Waals surface area contributed by atoms with Crippen LogP contribution < -0.4 is 4.74 Å². The van der Waals surface area contributed by atoms with Crippen molar-refractivity contribution < 1.29 is 234 Å². The summed E-state index contributed by atoms with van der Waals surface area (Å²) >= 11 is 0. The molecule has 2 fully saturated rings. The number of rotatable bonds is 4. The van der Waals surface area contributed by atoms with Crippen molar-refractivity contribution in [2.75, 3.05) is 21.0 Å². The molecule has 0 saturated carbocycles. The zero-order valence-electron chi connectivity index (χ0n) is 28.3. The smallest absolute Gasteiger partial charge is 0.202 e. The van der Waals surface area contributed by atoms with Gasteiger partial charge in [-0.1, -0.05) is 19.1 Å². The molecular formula is C31H33NO10V10-2. The van der Waals surface area contributed by atoms with Gasteiger partial charge in [0.15, 0.2) is 12.1 Å². The van der Waals surface area contributed by atoms with E-state index in [4.69, 9.17) is 23.7 Å². The van der Waals surface area contributed by atoms with Gasteiger partial charge in [-0.05, 0) is 32.9 Å². The average Bonchev–Trinajstić information content (AvgIpc) is 3.14. The van der Waals surface area contributed by atoms with Gasteiger partial charge in [0.05, 0.1) is 42.1 Å². The van der Waals surface area contributed by atoms with Gasteiger partial charge >= 0.3 is 0 Å². The minimum absolute atomic E-state index is 0. The zero-order valence-corrected chi connectivity index (χ0v) is 42.3. The summed E-state index contributed by atoms with van der Waals surface area (Å²) in [5.41, 5.74) is -1.37. The number of ketones is 3. The minimum atomic E-state index is -1.09. The van der Waals surface area contributed by atoms with E-state index in [2.05, 4.69) is 6.92 Å². The molecule has 21 heteroatoms. The number of aromatic hydroxyl groups is 2. The first-order valence-corrected chi connectivity index (χ1v) is 13.8. The van der Waals surface area contributed by atoms with Crippen molar-refractivity contribution in [1.29, 1.82) is 0 Å². The van der Waals surface area contributed by atoms with Crippen LogP contribution in [0.4, 0.5) is 0 Å². The SMILES string of the molecule is [CH2-]C(=O)[C@]1(C)Cc2c(O)c3c(c(O)c2[C@@H](O[C@H]2C[C@H]4[C@H](OCO[CH-]N4C)[C@H](C)O2)C1)C(=O)c1c(OC)cccc1C3=O.[V].[V].[V].[V].[V].[V].[V].[V].[V].[V]. The molecule has 2 saturated heterocycles. The molecule has 6 rings (SSSR count). The second kappa shape index (κ2) is 25.8. The maximum atomic E-state index is 13.8. The summed E-state index contributed by atoms with van der Waals surface area (Å²) in [5.74, 6) is -2.46. The third kappa shape index (κ3) is 11.6. The number of Topliss-reactive ketones (excluding diaryl/α,β-unsaturated/α-hetero) is 1. The number of nitrogens with zero attached hydrogens (tertiary/aromatic N) is 1. The fourth-order valence-electron chi connectivity index (χ4n) is 6.72. The Balaban J connectivity index is -0.000000736. The molecule has 0 unspecified atom stereocenters. The van der Waals surface area contributed by atoms with E-state index >= 15 is 0 Å². The summed E-state index contributed by atoms with van der Waals surface area (Å²) in [7, 11) is 3.24. The van der Waals surface area contributed by atoms with Crippen LogP contribution in [0.25, 0.3) is 0 Å². The molecule has 0 amide bonds. The number of benzene rings is 2. The number of phenols is 2. The zero-order chi connectivity index (χ0) is 30.1. The molecular weight excluding hydrogens is 1060 g/mol. The standard InChI is InChI=1S/C31H33NO10.10V/c1-14-30-18(32(4)12-39-13-40-30)9-21(41-14)42-20-11-31(3,15(2)33)10-17-23(20)29(37)25-24(27(17)35)26(34)16-7-6-8-19(38-5)22(16)28(25)36;;;;;;;;;;/h6-8,12,14,18,20-21,30,35,37H,2,9-11,13H2,1,3-5H3;;;;;;;;;;/q-2;;;;;;;;;;/t14-,18-,20-,21-,30+,31+;;;;;;;;;;/m0........../s1. The van der Waals surface area contributed by atoms with E-state index in [0.29, 0.717) is 6.42 Å². The quantitative estimate of drug-likeness (QED) is 0.294. The number of hydrogen-bond acceptors (Lipinski definition) is 11. The van der Waals surface area contributed by atoms with E-state index in [1.54, 1.807) is 25.8 Å². The molecule has 2 aliphatic carbocycles. The van der Waals surface area contributed by atoms with E-state index in [1.807, 2.05) is 18.9 Å². The van der Waals surface area contributed by atoms with E-state index in [-0.39, 0.29) is 263 Å². The van der Waals surface area contributed by atoms with Crippen LogP contribution in [0.5, 0.6) is 17.2 Å². The molecule has 2 aromatic rings. The number of hydrogen-bond donors (Lipinski definition) is 2. The van der Waals surface area contributed by atoms with Crippen LogP contribution in [0.1, 0.15) is 75.8 Å². The monoisotopic (exact) mass is 1090 g/mol. The normalized spacial score (nSPS) is 25.0. The summed E-state index contributed by atoms with van der Waals surface area (Å²) in [6, 6.07) is 4.44. The second-order valence-corrected chi connectivity index (χ2v) is 11.6. The van der Waals surface area contributed by atoms with Crippen LogP contribution in [0.3, 0.4) is 0 Å². The molecule has 0 aromatic heterocycles. The van der Waals surface area contributed by atoms with E-state index in [0.717, 1.165) is 0 Å². The van der Waals surface area contributed by atoms with Gasteiger partial charge in [-0.15, -0.1) is 6.73 Å². The van der Waals surface area contributed by atoms with Crippen molar-refractivity contribution in [3.05, 3.63) is 65.2 Å². The molecule has 2 heterocycles. The van der Waals surface area contributed by atoms with Gasteiger partial charge in [-0.25, -0.2) is 0 Å². The van der Waals surface area contributed by atoms with Gasteiger partial charge in [-0.2, -0.15) is 0 Å². The summed E-state index contributed by atoms with van der Waals surface area (Å²) in [4.78, 5) is 42.2.